The standard InChI is InChI=1S/C15H16N.HI/c1-13-3-5-14(6-4-13)7-8-15-9-11-16(2)12-10-15;/h3-12H,1-2H3;1H/q+1;/p-1/b8-7+;. The smallest absolute Gasteiger partial charge is 0.169 e. The molecule has 17 heavy (non-hydrogen) atoms. The van der Waals surface area contributed by atoms with Crippen molar-refractivity contribution in [2.24, 2.45) is 7.05 Å². The minimum absolute atomic E-state index is 0. The van der Waals surface area contributed by atoms with Crippen LogP contribution in [0.1, 0.15) is 16.7 Å². The van der Waals surface area contributed by atoms with Gasteiger partial charge in [-0.15, -0.1) is 0 Å². The summed E-state index contributed by atoms with van der Waals surface area (Å²) < 4.78 is 2.03. The predicted molar refractivity (Wildman–Crippen MR) is 67.7 cm³/mol. The van der Waals surface area contributed by atoms with Crippen molar-refractivity contribution in [3.8, 4) is 0 Å². The molecule has 2 rings (SSSR count). The SMILES string of the molecule is Cc1ccc(/C=C/c2cc[n+](C)cc2)cc1.[I-]. The first kappa shape index (κ1) is 13.9. The molecule has 0 saturated carbocycles. The van der Waals surface area contributed by atoms with Crippen LogP contribution in [0.3, 0.4) is 0 Å². The lowest BCUT2D eigenvalue weighted by Crippen LogP contribution is -3.00. The second kappa shape index (κ2) is 6.55. The van der Waals surface area contributed by atoms with E-state index < -0.39 is 0 Å². The summed E-state index contributed by atoms with van der Waals surface area (Å²) in [6.07, 6.45) is 8.36. The van der Waals surface area contributed by atoms with Crippen LogP contribution in [0.2, 0.25) is 0 Å². The predicted octanol–water partition coefficient (Wildman–Crippen LogP) is -0.00608. The van der Waals surface area contributed by atoms with E-state index >= 15 is 0 Å². The molecular weight excluding hydrogens is 321 g/mol. The van der Waals surface area contributed by atoms with Gasteiger partial charge in [-0.25, -0.2) is 4.57 Å². The van der Waals surface area contributed by atoms with Crippen molar-refractivity contribution in [3.63, 3.8) is 0 Å². The lowest BCUT2D eigenvalue weighted by molar-refractivity contribution is -0.671. The van der Waals surface area contributed by atoms with Crippen molar-refractivity contribution in [1.82, 2.24) is 0 Å². The third-order valence-electron chi connectivity index (χ3n) is 2.55. The van der Waals surface area contributed by atoms with Crippen molar-refractivity contribution in [2.75, 3.05) is 0 Å². The number of rotatable bonds is 2. The maximum atomic E-state index is 2.13. The van der Waals surface area contributed by atoms with Gasteiger partial charge in [0.1, 0.15) is 7.05 Å². The van der Waals surface area contributed by atoms with E-state index in [1.807, 2.05) is 11.6 Å². The van der Waals surface area contributed by atoms with Gasteiger partial charge < -0.3 is 24.0 Å². The van der Waals surface area contributed by atoms with Crippen molar-refractivity contribution in [3.05, 3.63) is 65.5 Å². The van der Waals surface area contributed by atoms with Gasteiger partial charge in [-0.3, -0.25) is 0 Å². The van der Waals surface area contributed by atoms with Crippen molar-refractivity contribution in [1.29, 1.82) is 0 Å². The Kier molecular flexibility index (Phi) is 5.35. The Morgan fingerprint density at radius 3 is 1.82 bits per heavy atom. The number of aromatic nitrogens is 1. The van der Waals surface area contributed by atoms with Crippen molar-refractivity contribution >= 4 is 12.2 Å². The molecule has 0 aliphatic carbocycles. The fraction of sp³-hybridized carbons (Fsp3) is 0.133. The summed E-state index contributed by atoms with van der Waals surface area (Å²) in [5.41, 5.74) is 3.75. The monoisotopic (exact) mass is 337 g/mol. The Bertz CT molecular complexity index is 436. The number of hydrogen-bond acceptors (Lipinski definition) is 0. The summed E-state index contributed by atoms with van der Waals surface area (Å²) in [6, 6.07) is 12.7. The zero-order valence-corrected chi connectivity index (χ0v) is 12.3. The van der Waals surface area contributed by atoms with Crippen LogP contribution in [-0.2, 0) is 7.05 Å². The van der Waals surface area contributed by atoms with Crippen LogP contribution in [0.15, 0.2) is 48.8 Å². The summed E-state index contributed by atoms with van der Waals surface area (Å²) in [5.74, 6) is 0. The molecule has 0 fully saturated rings. The molecule has 0 bridgehead atoms. The number of pyridine rings is 1. The zero-order valence-electron chi connectivity index (χ0n) is 10.1. The summed E-state index contributed by atoms with van der Waals surface area (Å²) in [4.78, 5) is 0. The third kappa shape index (κ3) is 4.30. The van der Waals surface area contributed by atoms with E-state index in [1.54, 1.807) is 0 Å². The molecule has 0 atom stereocenters. The van der Waals surface area contributed by atoms with Gasteiger partial charge in [0.15, 0.2) is 12.4 Å². The van der Waals surface area contributed by atoms with Crippen LogP contribution in [-0.4, -0.2) is 0 Å². The van der Waals surface area contributed by atoms with Gasteiger partial charge in [-0.05, 0) is 18.1 Å². The Hall–Kier alpha value is -1.16. The van der Waals surface area contributed by atoms with E-state index in [0.717, 1.165) is 0 Å². The Morgan fingerprint density at radius 1 is 0.824 bits per heavy atom. The fourth-order valence-electron chi connectivity index (χ4n) is 1.49. The molecule has 0 unspecified atom stereocenters. The molecular formula is C15H16IN. The molecule has 2 heteroatoms. The average Bonchev–Trinajstić information content (AvgIpc) is 2.30. The van der Waals surface area contributed by atoms with Crippen LogP contribution < -0.4 is 28.5 Å². The third-order valence-corrected chi connectivity index (χ3v) is 2.55. The lowest BCUT2D eigenvalue weighted by atomic mass is 10.1. The van der Waals surface area contributed by atoms with Crippen LogP contribution in [0.25, 0.3) is 12.2 Å². The summed E-state index contributed by atoms with van der Waals surface area (Å²) >= 11 is 0. The van der Waals surface area contributed by atoms with Crippen molar-refractivity contribution in [2.45, 2.75) is 6.92 Å². The van der Waals surface area contributed by atoms with Gasteiger partial charge in [0.05, 0.1) is 0 Å². The van der Waals surface area contributed by atoms with E-state index in [2.05, 4.69) is 67.9 Å². The maximum Gasteiger partial charge on any atom is 0.169 e. The lowest BCUT2D eigenvalue weighted by Gasteiger charge is -1.95. The van der Waals surface area contributed by atoms with E-state index in [4.69, 9.17) is 0 Å². The van der Waals surface area contributed by atoms with E-state index in [9.17, 15) is 0 Å². The van der Waals surface area contributed by atoms with Gasteiger partial charge in [-0.2, -0.15) is 0 Å². The number of hydrogen-bond donors (Lipinski definition) is 0. The molecule has 0 aliphatic heterocycles. The number of nitrogens with zero attached hydrogens (tertiary/aromatic N) is 1. The molecule has 88 valence electrons. The molecule has 0 N–H and O–H groups in total. The highest BCUT2D eigenvalue weighted by molar-refractivity contribution is 5.69. The van der Waals surface area contributed by atoms with E-state index in [1.165, 1.54) is 16.7 Å². The quantitative estimate of drug-likeness (QED) is 0.536. The molecule has 2 aromatic rings. The van der Waals surface area contributed by atoms with Gasteiger partial charge in [0.25, 0.3) is 0 Å². The molecule has 0 amide bonds. The Balaban J connectivity index is 0.00000144. The van der Waals surface area contributed by atoms with Gasteiger partial charge in [0.2, 0.25) is 0 Å². The minimum Gasteiger partial charge on any atom is -1.00 e. The van der Waals surface area contributed by atoms with Crippen LogP contribution in [0.5, 0.6) is 0 Å². The average molecular weight is 337 g/mol. The fourth-order valence-corrected chi connectivity index (χ4v) is 1.49. The number of benzene rings is 1. The molecule has 1 nitrogen and oxygen atoms in total. The molecule has 1 aromatic carbocycles. The van der Waals surface area contributed by atoms with Crippen LogP contribution >= 0.6 is 0 Å². The highest BCUT2D eigenvalue weighted by atomic mass is 127. The Morgan fingerprint density at radius 2 is 1.29 bits per heavy atom. The summed E-state index contributed by atoms with van der Waals surface area (Å²) in [5, 5.41) is 0. The topological polar surface area (TPSA) is 3.88 Å². The molecule has 0 saturated heterocycles. The summed E-state index contributed by atoms with van der Waals surface area (Å²) in [7, 11) is 2.02. The van der Waals surface area contributed by atoms with Crippen molar-refractivity contribution < 1.29 is 28.5 Å². The molecule has 0 radical (unpaired) electrons. The number of aryl methyl sites for hydroxylation is 2. The largest absolute Gasteiger partial charge is 1.00 e. The van der Waals surface area contributed by atoms with E-state index in [0.29, 0.717) is 0 Å². The molecule has 1 aromatic heterocycles. The van der Waals surface area contributed by atoms with Crippen LogP contribution in [0.4, 0.5) is 0 Å². The maximum absolute atomic E-state index is 2.13. The molecule has 0 spiro atoms. The van der Waals surface area contributed by atoms with Gasteiger partial charge >= 0.3 is 0 Å². The van der Waals surface area contributed by atoms with Gasteiger partial charge in [0, 0.05) is 12.1 Å². The number of halogens is 1. The molecule has 0 aliphatic rings. The first-order chi connectivity index (χ1) is 7.74. The first-order valence-electron chi connectivity index (χ1n) is 5.44. The highest BCUT2D eigenvalue weighted by Crippen LogP contribution is 2.08. The second-order valence-electron chi connectivity index (χ2n) is 4.04. The highest BCUT2D eigenvalue weighted by Gasteiger charge is 1.91. The van der Waals surface area contributed by atoms with Crippen LogP contribution in [0, 0.1) is 6.92 Å². The Labute approximate surface area is 120 Å². The minimum atomic E-state index is 0. The first-order valence-corrected chi connectivity index (χ1v) is 5.44. The van der Waals surface area contributed by atoms with E-state index in [-0.39, 0.29) is 24.0 Å². The van der Waals surface area contributed by atoms with Gasteiger partial charge in [-0.1, -0.05) is 42.0 Å². The summed E-state index contributed by atoms with van der Waals surface area (Å²) in [6.45, 7) is 2.10. The normalized spacial score (nSPS) is 10.2. The zero-order chi connectivity index (χ0) is 11.4. The second-order valence-corrected chi connectivity index (χ2v) is 4.04. The molecule has 1 heterocycles.